The zero-order valence-electron chi connectivity index (χ0n) is 4.25. The first kappa shape index (κ1) is 9.03. The summed E-state index contributed by atoms with van der Waals surface area (Å²) in [5, 5.41) is 30.8. The Balaban J connectivity index is 2.84. The maximum Gasteiger partial charge on any atom is 0.540 e. The minimum Gasteiger partial charge on any atom is -0.448 e. The minimum atomic E-state index is -1.76. The smallest absolute Gasteiger partial charge is 0.448 e. The number of carboxylic acid groups (broad SMARTS) is 1. The Bertz CT molecular complexity index is 86.7. The molecule has 0 aromatic rings. The predicted molar refractivity (Wildman–Crippen MR) is 17.2 cm³/mol. The van der Waals surface area contributed by atoms with Crippen LogP contribution in [-0.2, 0) is 30.1 Å². The van der Waals surface area contributed by atoms with Gasteiger partial charge in [0.1, 0.15) is 0 Å². The van der Waals surface area contributed by atoms with Crippen molar-refractivity contribution in [1.82, 2.24) is 0 Å². The highest BCUT2D eigenvalue weighted by Gasteiger charge is 1.98. The third-order valence-corrected chi connectivity index (χ3v) is 0.219. The summed E-state index contributed by atoms with van der Waals surface area (Å²) >= 11 is 0. The molecule has 0 aromatic heterocycles. The van der Waals surface area contributed by atoms with Crippen LogP contribution < -0.4 is 0 Å². The van der Waals surface area contributed by atoms with E-state index in [4.69, 9.17) is 10.4 Å². The van der Waals surface area contributed by atoms with Gasteiger partial charge in [-0.15, -0.1) is 0 Å². The fraction of sp³-hybridized carbons (Fsp3) is 0. The third-order valence-electron chi connectivity index (χ3n) is 0.219. The Morgan fingerprint density at radius 1 is 1.10 bits per heavy atom. The van der Waals surface area contributed by atoms with Crippen molar-refractivity contribution >= 4 is 6.16 Å². The van der Waals surface area contributed by atoms with Gasteiger partial charge in [-0.3, -0.25) is 0 Å². The van der Waals surface area contributed by atoms with Gasteiger partial charge in [0.2, 0.25) is 0 Å². The molecular weight excluding hydrogens is 156 g/mol. The van der Waals surface area contributed by atoms with E-state index in [-0.39, 0.29) is 0 Å². The summed E-state index contributed by atoms with van der Waals surface area (Å²) in [6.45, 7) is 0. The Morgan fingerprint density at radius 3 is 2.20 bits per heavy atom. The summed E-state index contributed by atoms with van der Waals surface area (Å²) in [6, 6.07) is 0. The van der Waals surface area contributed by atoms with Crippen LogP contribution in [0.25, 0.3) is 0 Å². The molecule has 0 aliphatic heterocycles. The second kappa shape index (κ2) is 6.15. The van der Waals surface area contributed by atoms with Crippen molar-refractivity contribution in [1.29, 1.82) is 0 Å². The quantitative estimate of drug-likeness (QED) is 0.319. The van der Waals surface area contributed by atoms with Gasteiger partial charge in [-0.25, -0.2) is 14.9 Å². The van der Waals surface area contributed by atoms with Crippen molar-refractivity contribution in [2.45, 2.75) is 0 Å². The van der Waals surface area contributed by atoms with Crippen molar-refractivity contribution in [3.8, 4) is 0 Å². The fourth-order valence-electron chi connectivity index (χ4n) is 0.0781. The van der Waals surface area contributed by atoms with Crippen LogP contribution in [0.15, 0.2) is 0 Å². The van der Waals surface area contributed by atoms with E-state index in [9.17, 15) is 4.79 Å². The van der Waals surface area contributed by atoms with Gasteiger partial charge in [-0.1, -0.05) is 0 Å². The van der Waals surface area contributed by atoms with E-state index in [1.54, 1.807) is 0 Å². The molecule has 0 radical (unpaired) electrons. The minimum absolute atomic E-state index is 1.76. The van der Waals surface area contributed by atoms with Crippen molar-refractivity contribution in [3.63, 3.8) is 0 Å². The number of hydrogen-bond acceptors (Lipinski definition) is 8. The molecule has 0 amide bonds. The van der Waals surface area contributed by atoms with Crippen LogP contribution in [0.1, 0.15) is 0 Å². The van der Waals surface area contributed by atoms with E-state index in [0.29, 0.717) is 0 Å². The van der Waals surface area contributed by atoms with Crippen LogP contribution in [0.2, 0.25) is 0 Å². The van der Waals surface area contributed by atoms with E-state index in [0.717, 1.165) is 0 Å². The van der Waals surface area contributed by atoms with Crippen molar-refractivity contribution in [2.24, 2.45) is 0 Å². The Kier molecular flexibility index (Phi) is 5.56. The number of hydrogen-bond donors (Lipinski definition) is 2. The molecule has 2 N–H and O–H groups in total. The van der Waals surface area contributed by atoms with Crippen LogP contribution in [0.5, 0.6) is 0 Å². The summed E-state index contributed by atoms with van der Waals surface area (Å²) < 4.78 is 0. The summed E-state index contributed by atoms with van der Waals surface area (Å²) in [4.78, 5) is 12.7. The molecule has 0 fully saturated rings. The van der Waals surface area contributed by atoms with Crippen LogP contribution in [0.4, 0.5) is 4.79 Å². The van der Waals surface area contributed by atoms with Gasteiger partial charge in [0.05, 0.1) is 0 Å². The molecule has 0 heterocycles. The summed E-state index contributed by atoms with van der Waals surface area (Å²) in [7, 11) is 0. The van der Waals surface area contributed by atoms with Gasteiger partial charge in [0.25, 0.3) is 0 Å². The highest BCUT2D eigenvalue weighted by atomic mass is 17.9. The monoisotopic (exact) mass is 158 g/mol. The van der Waals surface area contributed by atoms with Gasteiger partial charge < -0.3 is 5.11 Å². The van der Waals surface area contributed by atoms with Gasteiger partial charge in [0.15, 0.2) is 0 Å². The largest absolute Gasteiger partial charge is 0.540 e. The molecule has 0 atom stereocenters. The van der Waals surface area contributed by atoms with Gasteiger partial charge in [-0.05, 0) is 10.1 Å². The van der Waals surface area contributed by atoms with Crippen LogP contribution >= 0.6 is 0 Å². The Morgan fingerprint density at radius 2 is 1.70 bits per heavy atom. The first-order chi connectivity index (χ1) is 4.77. The lowest BCUT2D eigenvalue weighted by molar-refractivity contribution is -0.782. The lowest BCUT2D eigenvalue weighted by Gasteiger charge is -1.93. The first-order valence-electron chi connectivity index (χ1n) is 1.65. The van der Waals surface area contributed by atoms with Crippen LogP contribution in [0.3, 0.4) is 0 Å². The molecule has 0 saturated heterocycles. The topological polar surface area (TPSA) is 113 Å². The molecule has 0 aliphatic rings. The molecular formula is CH2O9. The second-order valence-electron chi connectivity index (χ2n) is 0.696. The van der Waals surface area contributed by atoms with E-state index < -0.39 is 6.16 Å². The van der Waals surface area contributed by atoms with Gasteiger partial charge in [0, 0.05) is 15.1 Å². The average molecular weight is 158 g/mol. The highest BCUT2D eigenvalue weighted by Crippen LogP contribution is 1.84. The van der Waals surface area contributed by atoms with Crippen molar-refractivity contribution in [2.75, 3.05) is 0 Å². The zero-order valence-corrected chi connectivity index (χ0v) is 4.25. The van der Waals surface area contributed by atoms with E-state index in [1.165, 1.54) is 0 Å². The maximum atomic E-state index is 9.43. The van der Waals surface area contributed by atoms with Gasteiger partial charge in [-0.2, -0.15) is 0 Å². The lowest BCUT2D eigenvalue weighted by Crippen LogP contribution is -2.03. The highest BCUT2D eigenvalue weighted by molar-refractivity contribution is 5.55. The van der Waals surface area contributed by atoms with Gasteiger partial charge >= 0.3 is 6.16 Å². The van der Waals surface area contributed by atoms with E-state index >= 15 is 0 Å². The molecule has 0 rings (SSSR count). The summed E-state index contributed by atoms with van der Waals surface area (Å²) in [6.07, 6.45) is -1.76. The van der Waals surface area contributed by atoms with Crippen molar-refractivity contribution < 1.29 is 45.2 Å². The molecule has 0 saturated carbocycles. The number of carbonyl (C=O) groups is 1. The molecule has 0 unspecified atom stereocenters. The lowest BCUT2D eigenvalue weighted by atomic mass is 11.4. The molecule has 0 aliphatic carbocycles. The predicted octanol–water partition coefficient (Wildman–Crippen LogP) is -0.188. The molecule has 9 nitrogen and oxygen atoms in total. The Labute approximate surface area is 52.7 Å². The third kappa shape index (κ3) is 7.03. The van der Waals surface area contributed by atoms with Crippen molar-refractivity contribution in [3.05, 3.63) is 0 Å². The molecule has 0 bridgehead atoms. The Hall–Kier alpha value is -0.970. The standard InChI is InChI=1S/CH2O9/c2-1(3)5-7-9-10-8-6-4/h4H,(H,2,3). The summed E-state index contributed by atoms with van der Waals surface area (Å²) in [5.74, 6) is 0. The maximum absolute atomic E-state index is 9.43. The molecule has 0 spiro atoms. The average Bonchev–Trinajstić information content (AvgIpc) is 1.87. The normalized spacial score (nSPS) is 9.30. The van der Waals surface area contributed by atoms with E-state index in [1.807, 2.05) is 0 Å². The summed E-state index contributed by atoms with van der Waals surface area (Å²) in [5.41, 5.74) is 0. The van der Waals surface area contributed by atoms with E-state index in [2.05, 4.69) is 30.1 Å². The first-order valence-corrected chi connectivity index (χ1v) is 1.65. The number of rotatable bonds is 5. The second-order valence-corrected chi connectivity index (χ2v) is 0.696. The fourth-order valence-corrected chi connectivity index (χ4v) is 0.0781. The zero-order chi connectivity index (χ0) is 7.82. The SMILES string of the molecule is O=C(O)OOOOOOO. The molecule has 9 heteroatoms. The molecule has 10 heavy (non-hydrogen) atoms. The van der Waals surface area contributed by atoms with Crippen LogP contribution in [0, 0.1) is 0 Å². The molecule has 0 aromatic carbocycles. The van der Waals surface area contributed by atoms with Crippen LogP contribution in [-0.4, -0.2) is 16.5 Å². The molecule has 60 valence electrons.